The first-order valence-corrected chi connectivity index (χ1v) is 6.73. The Morgan fingerprint density at radius 2 is 1.85 bits per heavy atom. The van der Waals surface area contributed by atoms with Gasteiger partial charge in [0.05, 0.1) is 5.52 Å². The molecule has 0 aliphatic rings. The van der Waals surface area contributed by atoms with Crippen molar-refractivity contribution in [2.24, 2.45) is 0 Å². The predicted octanol–water partition coefficient (Wildman–Crippen LogP) is 4.38. The first-order chi connectivity index (χ1) is 9.79. The second-order valence-electron chi connectivity index (χ2n) is 4.68. The van der Waals surface area contributed by atoms with E-state index in [1.54, 1.807) is 6.07 Å². The number of halogens is 1. The van der Waals surface area contributed by atoms with Crippen LogP contribution in [-0.4, -0.2) is 4.57 Å². The van der Waals surface area contributed by atoms with E-state index in [1.807, 2.05) is 54.1 Å². The van der Waals surface area contributed by atoms with E-state index in [1.165, 1.54) is 6.07 Å². The van der Waals surface area contributed by atoms with Gasteiger partial charge in [-0.15, -0.1) is 0 Å². The fourth-order valence-electron chi connectivity index (χ4n) is 2.44. The summed E-state index contributed by atoms with van der Waals surface area (Å²) in [5.74, 6) is 0.600. The minimum Gasteiger partial charge on any atom is -0.489 e. The molecule has 3 rings (SSSR count). The lowest BCUT2D eigenvalue weighted by molar-refractivity contribution is 0.307. The summed E-state index contributed by atoms with van der Waals surface area (Å²) < 4.78 is 21.8. The van der Waals surface area contributed by atoms with Crippen molar-refractivity contribution in [3.05, 3.63) is 66.1 Å². The fraction of sp³-hybridized carbons (Fsp3) is 0.176. The third kappa shape index (κ3) is 2.27. The van der Waals surface area contributed by atoms with Crippen LogP contribution in [0.5, 0.6) is 5.75 Å². The van der Waals surface area contributed by atoms with E-state index < -0.39 is 0 Å². The Hall–Kier alpha value is -2.29. The Kier molecular flexibility index (Phi) is 3.42. The van der Waals surface area contributed by atoms with Crippen LogP contribution < -0.4 is 4.74 Å². The van der Waals surface area contributed by atoms with Crippen LogP contribution in [0.4, 0.5) is 4.39 Å². The van der Waals surface area contributed by atoms with Gasteiger partial charge in [-0.05, 0) is 31.2 Å². The van der Waals surface area contributed by atoms with Crippen molar-refractivity contribution >= 4 is 10.9 Å². The third-order valence-electron chi connectivity index (χ3n) is 3.41. The molecule has 0 aliphatic heterocycles. The van der Waals surface area contributed by atoms with Crippen LogP contribution in [0, 0.1) is 5.82 Å². The van der Waals surface area contributed by atoms with E-state index in [2.05, 4.69) is 0 Å². The first-order valence-electron chi connectivity index (χ1n) is 6.73. The highest BCUT2D eigenvalue weighted by molar-refractivity contribution is 5.84. The van der Waals surface area contributed by atoms with Gasteiger partial charge in [0.15, 0.2) is 0 Å². The number of fused-ring (bicyclic) bond motifs is 1. The Bertz CT molecular complexity index is 718. The van der Waals surface area contributed by atoms with Gasteiger partial charge in [-0.2, -0.15) is 0 Å². The fourth-order valence-corrected chi connectivity index (χ4v) is 2.44. The number of para-hydroxylation sites is 1. The SMILES string of the molecule is CCn1cc(COc2ccccc2)c2c(F)cccc21. The van der Waals surface area contributed by atoms with Gasteiger partial charge in [0, 0.05) is 23.7 Å². The quantitative estimate of drug-likeness (QED) is 0.685. The molecule has 0 spiro atoms. The lowest BCUT2D eigenvalue weighted by atomic mass is 10.2. The molecule has 0 N–H and O–H groups in total. The number of aromatic nitrogens is 1. The maximum absolute atomic E-state index is 14.1. The summed E-state index contributed by atoms with van der Waals surface area (Å²) in [4.78, 5) is 0. The Morgan fingerprint density at radius 3 is 2.60 bits per heavy atom. The Balaban J connectivity index is 1.95. The van der Waals surface area contributed by atoms with Crippen molar-refractivity contribution in [1.29, 1.82) is 0 Å². The van der Waals surface area contributed by atoms with E-state index >= 15 is 0 Å². The van der Waals surface area contributed by atoms with Crippen molar-refractivity contribution in [2.45, 2.75) is 20.1 Å². The lowest BCUT2D eigenvalue weighted by Gasteiger charge is -2.05. The largest absolute Gasteiger partial charge is 0.489 e. The molecule has 0 atom stereocenters. The van der Waals surface area contributed by atoms with Gasteiger partial charge in [-0.3, -0.25) is 0 Å². The molecule has 0 bridgehead atoms. The minimum atomic E-state index is -0.193. The summed E-state index contributed by atoms with van der Waals surface area (Å²) in [6.45, 7) is 3.23. The van der Waals surface area contributed by atoms with Crippen LogP contribution in [-0.2, 0) is 13.2 Å². The molecule has 0 amide bonds. The van der Waals surface area contributed by atoms with Gasteiger partial charge in [0.1, 0.15) is 18.2 Å². The molecule has 3 aromatic rings. The van der Waals surface area contributed by atoms with Gasteiger partial charge in [-0.25, -0.2) is 4.39 Å². The standard InChI is InChI=1S/C17H16FNO/c1-2-19-11-13(12-20-14-7-4-3-5-8-14)17-15(18)9-6-10-16(17)19/h3-11H,2,12H2,1H3. The van der Waals surface area contributed by atoms with E-state index in [4.69, 9.17) is 4.74 Å². The molecule has 0 saturated heterocycles. The molecule has 0 unspecified atom stereocenters. The van der Waals surface area contributed by atoms with Crippen LogP contribution in [0.25, 0.3) is 10.9 Å². The minimum absolute atomic E-state index is 0.193. The molecule has 0 radical (unpaired) electrons. The molecule has 0 fully saturated rings. The second kappa shape index (κ2) is 5.37. The van der Waals surface area contributed by atoms with E-state index in [-0.39, 0.29) is 5.82 Å². The summed E-state index contributed by atoms with van der Waals surface area (Å²) in [6, 6.07) is 14.8. The van der Waals surface area contributed by atoms with E-state index in [0.29, 0.717) is 12.0 Å². The van der Waals surface area contributed by atoms with E-state index in [9.17, 15) is 4.39 Å². The first kappa shape index (κ1) is 12.7. The van der Waals surface area contributed by atoms with Crippen molar-refractivity contribution in [3.8, 4) is 5.75 Å². The Labute approximate surface area is 117 Å². The van der Waals surface area contributed by atoms with Gasteiger partial charge in [0.2, 0.25) is 0 Å². The molecule has 0 aliphatic carbocycles. The number of ether oxygens (including phenoxy) is 1. The zero-order chi connectivity index (χ0) is 13.9. The van der Waals surface area contributed by atoms with Gasteiger partial charge >= 0.3 is 0 Å². The molecule has 20 heavy (non-hydrogen) atoms. The highest BCUT2D eigenvalue weighted by atomic mass is 19.1. The predicted molar refractivity (Wildman–Crippen MR) is 78.3 cm³/mol. The number of rotatable bonds is 4. The molecule has 0 saturated carbocycles. The van der Waals surface area contributed by atoms with Crippen LogP contribution >= 0.6 is 0 Å². The van der Waals surface area contributed by atoms with Crippen LogP contribution in [0.1, 0.15) is 12.5 Å². The summed E-state index contributed by atoms with van der Waals surface area (Å²) >= 11 is 0. The molecular weight excluding hydrogens is 253 g/mol. The van der Waals surface area contributed by atoms with Crippen molar-refractivity contribution in [1.82, 2.24) is 4.57 Å². The number of aryl methyl sites for hydroxylation is 1. The average molecular weight is 269 g/mol. The zero-order valence-electron chi connectivity index (χ0n) is 11.3. The summed E-state index contributed by atoms with van der Waals surface area (Å²) in [5.41, 5.74) is 1.79. The monoisotopic (exact) mass is 269 g/mol. The molecule has 3 heteroatoms. The maximum atomic E-state index is 14.1. The van der Waals surface area contributed by atoms with E-state index in [0.717, 1.165) is 23.4 Å². The van der Waals surface area contributed by atoms with Gasteiger partial charge < -0.3 is 9.30 Å². The second-order valence-corrected chi connectivity index (χ2v) is 4.68. The van der Waals surface area contributed by atoms with Crippen molar-refractivity contribution < 1.29 is 9.13 Å². The number of nitrogens with zero attached hydrogens (tertiary/aromatic N) is 1. The Morgan fingerprint density at radius 1 is 1.05 bits per heavy atom. The molecule has 1 heterocycles. The van der Waals surface area contributed by atoms with Crippen LogP contribution in [0.2, 0.25) is 0 Å². The van der Waals surface area contributed by atoms with Gasteiger partial charge in [0.25, 0.3) is 0 Å². The van der Waals surface area contributed by atoms with Crippen LogP contribution in [0.15, 0.2) is 54.7 Å². The smallest absolute Gasteiger partial charge is 0.132 e. The molecule has 1 aromatic heterocycles. The van der Waals surface area contributed by atoms with Crippen molar-refractivity contribution in [3.63, 3.8) is 0 Å². The third-order valence-corrected chi connectivity index (χ3v) is 3.41. The van der Waals surface area contributed by atoms with Crippen molar-refractivity contribution in [2.75, 3.05) is 0 Å². The molecule has 2 nitrogen and oxygen atoms in total. The topological polar surface area (TPSA) is 14.2 Å². The highest BCUT2D eigenvalue weighted by Gasteiger charge is 2.12. The maximum Gasteiger partial charge on any atom is 0.132 e. The highest BCUT2D eigenvalue weighted by Crippen LogP contribution is 2.25. The number of hydrogen-bond donors (Lipinski definition) is 0. The molecular formula is C17H16FNO. The summed E-state index contributed by atoms with van der Waals surface area (Å²) in [5, 5.41) is 0.658. The van der Waals surface area contributed by atoms with Gasteiger partial charge in [-0.1, -0.05) is 24.3 Å². The molecule has 2 aromatic carbocycles. The normalized spacial score (nSPS) is 10.9. The number of hydrogen-bond acceptors (Lipinski definition) is 1. The average Bonchev–Trinajstić information content (AvgIpc) is 2.86. The zero-order valence-corrected chi connectivity index (χ0v) is 11.3. The lowest BCUT2D eigenvalue weighted by Crippen LogP contribution is -1.95. The number of benzene rings is 2. The van der Waals surface area contributed by atoms with Crippen LogP contribution in [0.3, 0.4) is 0 Å². The molecule has 102 valence electrons. The summed E-state index contributed by atoms with van der Waals surface area (Å²) in [6.07, 6.45) is 1.97. The summed E-state index contributed by atoms with van der Waals surface area (Å²) in [7, 11) is 0.